The van der Waals surface area contributed by atoms with Gasteiger partial charge >= 0.3 is 0 Å². The molecular formula is C16H15N. The normalized spacial score (nSPS) is 18.4. The quantitative estimate of drug-likeness (QED) is 0.753. The minimum absolute atomic E-state index is 0.759. The van der Waals surface area contributed by atoms with Gasteiger partial charge in [-0.25, -0.2) is 0 Å². The van der Waals surface area contributed by atoms with Crippen molar-refractivity contribution in [2.75, 3.05) is 11.9 Å². The van der Waals surface area contributed by atoms with Crippen molar-refractivity contribution in [1.82, 2.24) is 0 Å². The van der Waals surface area contributed by atoms with Crippen molar-refractivity contribution in [2.24, 2.45) is 0 Å². The first-order valence-corrected chi connectivity index (χ1v) is 5.68. The average molecular weight is 221 g/mol. The Balaban J connectivity index is 2.50. The van der Waals surface area contributed by atoms with Crippen LogP contribution in [0.5, 0.6) is 0 Å². The van der Waals surface area contributed by atoms with E-state index in [1.54, 1.807) is 0 Å². The van der Waals surface area contributed by atoms with E-state index in [2.05, 4.69) is 23.7 Å². The summed E-state index contributed by atoms with van der Waals surface area (Å²) in [6.45, 7) is 6.60. The fourth-order valence-electron chi connectivity index (χ4n) is 1.74. The second-order valence-corrected chi connectivity index (χ2v) is 3.79. The van der Waals surface area contributed by atoms with Crippen LogP contribution < -0.4 is 5.32 Å². The van der Waals surface area contributed by atoms with Gasteiger partial charge in [0.15, 0.2) is 0 Å². The second kappa shape index (κ2) is 5.23. The van der Waals surface area contributed by atoms with Crippen molar-refractivity contribution < 1.29 is 0 Å². The Morgan fingerprint density at radius 1 is 1.29 bits per heavy atom. The molecule has 1 aromatic carbocycles. The number of hydrogen-bond acceptors (Lipinski definition) is 1. The van der Waals surface area contributed by atoms with E-state index in [1.807, 2.05) is 49.4 Å². The summed E-state index contributed by atoms with van der Waals surface area (Å²) < 4.78 is 0. The molecule has 0 saturated carbocycles. The molecule has 0 bridgehead atoms. The third kappa shape index (κ3) is 2.49. The summed E-state index contributed by atoms with van der Waals surface area (Å²) in [5.41, 5.74) is 4.28. The third-order valence-corrected chi connectivity index (χ3v) is 2.65. The van der Waals surface area contributed by atoms with Crippen LogP contribution in [0.4, 0.5) is 5.69 Å². The molecule has 0 aliphatic carbocycles. The van der Waals surface area contributed by atoms with Crippen LogP contribution in [0.25, 0.3) is 0 Å². The van der Waals surface area contributed by atoms with Gasteiger partial charge in [-0.15, -0.1) is 0 Å². The highest BCUT2D eigenvalue weighted by molar-refractivity contribution is 5.64. The SMILES string of the molecule is C=C/C1=C(\C=C/C)C#Cc2ccccc2NC1. The monoisotopic (exact) mass is 221 g/mol. The Kier molecular flexibility index (Phi) is 3.47. The lowest BCUT2D eigenvalue weighted by Gasteiger charge is -2.12. The summed E-state index contributed by atoms with van der Waals surface area (Å²) in [6, 6.07) is 8.09. The molecule has 1 aliphatic heterocycles. The molecule has 0 saturated heterocycles. The zero-order valence-electron chi connectivity index (χ0n) is 9.96. The molecule has 1 heteroatoms. The van der Waals surface area contributed by atoms with E-state index in [0.29, 0.717) is 0 Å². The van der Waals surface area contributed by atoms with E-state index >= 15 is 0 Å². The Labute approximate surface area is 103 Å². The average Bonchev–Trinajstić information content (AvgIpc) is 2.34. The van der Waals surface area contributed by atoms with Crippen LogP contribution in [-0.4, -0.2) is 6.54 Å². The number of hydrogen-bond donors (Lipinski definition) is 1. The molecule has 0 amide bonds. The van der Waals surface area contributed by atoms with E-state index in [-0.39, 0.29) is 0 Å². The van der Waals surface area contributed by atoms with Gasteiger partial charge in [-0.2, -0.15) is 0 Å². The molecule has 0 fully saturated rings. The van der Waals surface area contributed by atoms with E-state index < -0.39 is 0 Å². The lowest BCUT2D eigenvalue weighted by molar-refractivity contribution is 1.24. The van der Waals surface area contributed by atoms with Gasteiger partial charge in [0.25, 0.3) is 0 Å². The molecule has 0 unspecified atom stereocenters. The van der Waals surface area contributed by atoms with Crippen molar-refractivity contribution in [3.8, 4) is 11.8 Å². The molecule has 1 nitrogen and oxygen atoms in total. The number of fused-ring (bicyclic) bond motifs is 1. The van der Waals surface area contributed by atoms with Gasteiger partial charge in [0.1, 0.15) is 0 Å². The van der Waals surface area contributed by atoms with E-state index in [9.17, 15) is 0 Å². The van der Waals surface area contributed by atoms with Crippen molar-refractivity contribution >= 4 is 5.69 Å². The first-order chi connectivity index (χ1) is 8.35. The number of anilines is 1. The zero-order valence-corrected chi connectivity index (χ0v) is 9.96. The predicted octanol–water partition coefficient (Wildman–Crippen LogP) is 3.52. The summed E-state index contributed by atoms with van der Waals surface area (Å²) in [5, 5.41) is 3.39. The van der Waals surface area contributed by atoms with E-state index in [4.69, 9.17) is 0 Å². The van der Waals surface area contributed by atoms with Crippen LogP contribution in [0.15, 0.2) is 60.2 Å². The number of allylic oxidation sites excluding steroid dienone is 3. The molecule has 1 aromatic rings. The molecule has 1 heterocycles. The van der Waals surface area contributed by atoms with E-state index in [0.717, 1.165) is 28.9 Å². The summed E-state index contributed by atoms with van der Waals surface area (Å²) in [5.74, 6) is 6.41. The van der Waals surface area contributed by atoms with Gasteiger partial charge in [0, 0.05) is 17.7 Å². The van der Waals surface area contributed by atoms with Gasteiger partial charge in [0.05, 0.1) is 5.69 Å². The maximum absolute atomic E-state index is 3.85. The predicted molar refractivity (Wildman–Crippen MR) is 73.8 cm³/mol. The fraction of sp³-hybridized carbons (Fsp3) is 0.125. The molecular weight excluding hydrogens is 206 g/mol. The number of para-hydroxylation sites is 1. The van der Waals surface area contributed by atoms with Gasteiger partial charge < -0.3 is 5.32 Å². The lowest BCUT2D eigenvalue weighted by Crippen LogP contribution is -2.07. The number of rotatable bonds is 2. The van der Waals surface area contributed by atoms with Crippen molar-refractivity contribution in [1.29, 1.82) is 0 Å². The molecule has 17 heavy (non-hydrogen) atoms. The first kappa shape index (κ1) is 11.3. The molecule has 0 spiro atoms. The Hall–Kier alpha value is -2.20. The molecule has 84 valence electrons. The molecule has 1 N–H and O–H groups in total. The van der Waals surface area contributed by atoms with Crippen LogP contribution in [0.3, 0.4) is 0 Å². The summed E-state index contributed by atoms with van der Waals surface area (Å²) >= 11 is 0. The maximum atomic E-state index is 3.85. The zero-order chi connectivity index (χ0) is 12.1. The highest BCUT2D eigenvalue weighted by Crippen LogP contribution is 2.18. The second-order valence-electron chi connectivity index (χ2n) is 3.79. The van der Waals surface area contributed by atoms with Crippen LogP contribution in [-0.2, 0) is 0 Å². The van der Waals surface area contributed by atoms with Gasteiger partial charge in [-0.05, 0) is 24.6 Å². The molecule has 0 radical (unpaired) electrons. The van der Waals surface area contributed by atoms with Crippen LogP contribution in [0.2, 0.25) is 0 Å². The molecule has 2 rings (SSSR count). The fourth-order valence-corrected chi connectivity index (χ4v) is 1.74. The van der Waals surface area contributed by atoms with Crippen molar-refractivity contribution in [3.05, 3.63) is 65.8 Å². The number of nitrogens with one attached hydrogen (secondary N) is 1. The van der Waals surface area contributed by atoms with Gasteiger partial charge in [-0.3, -0.25) is 0 Å². The topological polar surface area (TPSA) is 12.0 Å². The molecule has 0 aromatic heterocycles. The summed E-state index contributed by atoms with van der Waals surface area (Å²) in [6.07, 6.45) is 5.89. The summed E-state index contributed by atoms with van der Waals surface area (Å²) in [7, 11) is 0. The molecule has 0 atom stereocenters. The summed E-state index contributed by atoms with van der Waals surface area (Å²) in [4.78, 5) is 0. The van der Waals surface area contributed by atoms with Crippen LogP contribution in [0.1, 0.15) is 12.5 Å². The third-order valence-electron chi connectivity index (χ3n) is 2.65. The maximum Gasteiger partial charge on any atom is 0.0502 e. The van der Waals surface area contributed by atoms with Crippen LogP contribution >= 0.6 is 0 Å². The largest absolute Gasteiger partial charge is 0.380 e. The Morgan fingerprint density at radius 2 is 2.12 bits per heavy atom. The smallest absolute Gasteiger partial charge is 0.0502 e. The Bertz CT molecular complexity index is 550. The van der Waals surface area contributed by atoms with Crippen molar-refractivity contribution in [3.63, 3.8) is 0 Å². The minimum atomic E-state index is 0.759. The Morgan fingerprint density at radius 3 is 2.88 bits per heavy atom. The minimum Gasteiger partial charge on any atom is -0.380 e. The standard InChI is InChI=1S/C16H15N/c1-3-7-14-10-11-15-8-5-6-9-16(15)17-12-13(14)4-2/h3-9,17H,2,12H2,1H3/b7-3-,14-13-. The molecule has 1 aliphatic rings. The van der Waals surface area contributed by atoms with E-state index in [1.165, 1.54) is 0 Å². The highest BCUT2D eigenvalue weighted by atomic mass is 14.9. The van der Waals surface area contributed by atoms with Gasteiger partial charge in [-0.1, -0.05) is 48.8 Å². The lowest BCUT2D eigenvalue weighted by atomic mass is 10.0. The van der Waals surface area contributed by atoms with Crippen molar-refractivity contribution in [2.45, 2.75) is 6.92 Å². The number of benzene rings is 1. The van der Waals surface area contributed by atoms with Crippen LogP contribution in [0, 0.1) is 11.8 Å². The highest BCUT2D eigenvalue weighted by Gasteiger charge is 2.04. The first-order valence-electron chi connectivity index (χ1n) is 5.68. The van der Waals surface area contributed by atoms with Gasteiger partial charge in [0.2, 0.25) is 0 Å².